The molecule has 4 rings (SSSR count). The Morgan fingerprint density at radius 1 is 1.03 bits per heavy atom. The van der Waals surface area contributed by atoms with Crippen LogP contribution in [0.15, 0.2) is 66.0 Å². The highest BCUT2D eigenvalue weighted by molar-refractivity contribution is 7.92. The lowest BCUT2D eigenvalue weighted by atomic mass is 10.3. The Balaban J connectivity index is 1.42. The van der Waals surface area contributed by atoms with Gasteiger partial charge in [-0.25, -0.2) is 8.42 Å². The molecule has 0 radical (unpaired) electrons. The van der Waals surface area contributed by atoms with Crippen LogP contribution >= 0.6 is 0 Å². The van der Waals surface area contributed by atoms with Gasteiger partial charge in [-0.1, -0.05) is 0 Å². The van der Waals surface area contributed by atoms with E-state index in [9.17, 15) is 13.2 Å². The summed E-state index contributed by atoms with van der Waals surface area (Å²) in [4.78, 5) is 20.3. The van der Waals surface area contributed by atoms with Crippen molar-refractivity contribution >= 4 is 27.4 Å². The second-order valence-electron chi connectivity index (χ2n) is 6.79. The van der Waals surface area contributed by atoms with E-state index >= 15 is 0 Å². The summed E-state index contributed by atoms with van der Waals surface area (Å²) in [5.41, 5.74) is 0.605. The first-order valence-electron chi connectivity index (χ1n) is 9.78. The number of carbonyl (C=O) groups is 1. The van der Waals surface area contributed by atoms with Gasteiger partial charge in [-0.3, -0.25) is 18.9 Å². The van der Waals surface area contributed by atoms with E-state index in [2.05, 4.69) is 30.2 Å². The van der Waals surface area contributed by atoms with E-state index in [0.29, 0.717) is 12.4 Å². The summed E-state index contributed by atoms with van der Waals surface area (Å²) >= 11 is 0. The molecule has 34 heavy (non-hydrogen) atoms. The van der Waals surface area contributed by atoms with E-state index in [1.807, 2.05) is 0 Å². The molecule has 3 aromatic heterocycles. The standard InChI is InChI=1S/C20H20N8O5S/c1-32-18-12-17(23-20(24-18)33-2)26-34(30,31)15-6-4-14(5-7-15)22-19(29)16-8-11-28(25-16)13-27-10-3-9-21-27/h3-12H,13H2,1-2H3,(H,22,29)(H,23,24,26). The van der Waals surface area contributed by atoms with Crippen LogP contribution in [0.1, 0.15) is 10.5 Å². The number of benzene rings is 1. The number of methoxy groups -OCH3 is 2. The first-order valence-corrected chi connectivity index (χ1v) is 11.3. The predicted octanol–water partition coefficient (Wildman–Crippen LogP) is 1.45. The largest absolute Gasteiger partial charge is 0.481 e. The molecule has 0 fully saturated rings. The van der Waals surface area contributed by atoms with Crippen LogP contribution < -0.4 is 19.5 Å². The Hall–Kier alpha value is -4.46. The molecule has 0 aliphatic heterocycles. The third-order valence-electron chi connectivity index (χ3n) is 4.46. The van der Waals surface area contributed by atoms with Crippen molar-refractivity contribution in [3.05, 3.63) is 66.7 Å². The molecule has 0 atom stereocenters. The number of carbonyl (C=O) groups excluding carboxylic acids is 1. The van der Waals surface area contributed by atoms with Crippen LogP contribution in [0.5, 0.6) is 11.9 Å². The lowest BCUT2D eigenvalue weighted by Gasteiger charge is -2.10. The molecule has 0 aliphatic carbocycles. The van der Waals surface area contributed by atoms with Crippen molar-refractivity contribution in [3.8, 4) is 11.9 Å². The molecular weight excluding hydrogens is 464 g/mol. The van der Waals surface area contributed by atoms with Crippen LogP contribution in [0, 0.1) is 0 Å². The number of hydrogen-bond acceptors (Lipinski definition) is 9. The minimum Gasteiger partial charge on any atom is -0.481 e. The number of amides is 1. The fourth-order valence-electron chi connectivity index (χ4n) is 2.86. The summed E-state index contributed by atoms with van der Waals surface area (Å²) in [6, 6.07) is 10.3. The maximum atomic E-state index is 12.7. The van der Waals surface area contributed by atoms with Crippen LogP contribution in [0.3, 0.4) is 0 Å². The minimum absolute atomic E-state index is 0.0215. The molecule has 176 valence electrons. The second kappa shape index (κ2) is 9.58. The number of ether oxygens (including phenoxy) is 2. The molecule has 0 aliphatic rings. The van der Waals surface area contributed by atoms with Gasteiger partial charge in [0.25, 0.3) is 15.9 Å². The van der Waals surface area contributed by atoms with Crippen molar-refractivity contribution in [3.63, 3.8) is 0 Å². The smallest absolute Gasteiger partial charge is 0.321 e. The van der Waals surface area contributed by atoms with Crippen LogP contribution in [0.2, 0.25) is 0 Å². The Labute approximate surface area is 194 Å². The molecule has 0 spiro atoms. The van der Waals surface area contributed by atoms with E-state index < -0.39 is 15.9 Å². The average Bonchev–Trinajstić information content (AvgIpc) is 3.51. The van der Waals surface area contributed by atoms with Gasteiger partial charge in [0.05, 0.1) is 19.1 Å². The number of nitrogens with zero attached hydrogens (tertiary/aromatic N) is 6. The number of sulfonamides is 1. The monoisotopic (exact) mass is 484 g/mol. The first kappa shape index (κ1) is 22.7. The number of rotatable bonds is 9. The molecule has 14 heteroatoms. The maximum Gasteiger partial charge on any atom is 0.321 e. The Morgan fingerprint density at radius 2 is 1.82 bits per heavy atom. The fraction of sp³-hybridized carbons (Fsp3) is 0.150. The summed E-state index contributed by atoms with van der Waals surface area (Å²) in [6.45, 7) is 0.365. The van der Waals surface area contributed by atoms with Crippen molar-refractivity contribution in [2.75, 3.05) is 24.3 Å². The van der Waals surface area contributed by atoms with E-state index in [0.717, 1.165) is 0 Å². The van der Waals surface area contributed by atoms with Gasteiger partial charge in [0, 0.05) is 30.3 Å². The number of nitrogens with one attached hydrogen (secondary N) is 2. The summed E-state index contributed by atoms with van der Waals surface area (Å²) < 4.78 is 41.0. The van der Waals surface area contributed by atoms with Gasteiger partial charge in [-0.15, -0.1) is 0 Å². The van der Waals surface area contributed by atoms with E-state index in [1.54, 1.807) is 40.1 Å². The SMILES string of the molecule is COc1cc(NS(=O)(=O)c2ccc(NC(=O)c3ccn(Cn4cccn4)n3)cc2)nc(OC)n1. The Bertz CT molecular complexity index is 1360. The van der Waals surface area contributed by atoms with E-state index in [4.69, 9.17) is 9.47 Å². The molecule has 0 saturated heterocycles. The van der Waals surface area contributed by atoms with Gasteiger partial charge in [-0.05, 0) is 36.4 Å². The van der Waals surface area contributed by atoms with Crippen molar-refractivity contribution in [2.24, 2.45) is 0 Å². The highest BCUT2D eigenvalue weighted by atomic mass is 32.2. The molecule has 1 aromatic carbocycles. The lowest BCUT2D eigenvalue weighted by Crippen LogP contribution is -2.16. The normalized spacial score (nSPS) is 11.1. The van der Waals surface area contributed by atoms with Crippen LogP contribution in [-0.4, -0.2) is 58.1 Å². The zero-order valence-corrected chi connectivity index (χ0v) is 18.9. The maximum absolute atomic E-state index is 12.7. The van der Waals surface area contributed by atoms with Crippen LogP contribution in [-0.2, 0) is 16.7 Å². The molecule has 0 unspecified atom stereocenters. The number of anilines is 2. The second-order valence-corrected chi connectivity index (χ2v) is 8.48. The van der Waals surface area contributed by atoms with Crippen LogP contribution in [0.25, 0.3) is 0 Å². The Kier molecular flexibility index (Phi) is 6.40. The lowest BCUT2D eigenvalue weighted by molar-refractivity contribution is 0.102. The summed E-state index contributed by atoms with van der Waals surface area (Å²) in [7, 11) is -1.23. The quantitative estimate of drug-likeness (QED) is 0.359. The van der Waals surface area contributed by atoms with Gasteiger partial charge < -0.3 is 14.8 Å². The molecule has 2 N–H and O–H groups in total. The van der Waals surface area contributed by atoms with Gasteiger partial charge in [0.15, 0.2) is 11.5 Å². The molecule has 0 bridgehead atoms. The number of hydrogen-bond donors (Lipinski definition) is 2. The van der Waals surface area contributed by atoms with Crippen molar-refractivity contribution < 1.29 is 22.7 Å². The summed E-state index contributed by atoms with van der Waals surface area (Å²) in [6.07, 6.45) is 5.09. The average molecular weight is 484 g/mol. The molecule has 13 nitrogen and oxygen atoms in total. The molecule has 0 saturated carbocycles. The van der Waals surface area contributed by atoms with Gasteiger partial charge in [-0.2, -0.15) is 20.2 Å². The predicted molar refractivity (Wildman–Crippen MR) is 120 cm³/mol. The van der Waals surface area contributed by atoms with Crippen molar-refractivity contribution in [1.29, 1.82) is 0 Å². The summed E-state index contributed by atoms with van der Waals surface area (Å²) in [5.74, 6) is -0.324. The van der Waals surface area contributed by atoms with E-state index in [-0.39, 0.29) is 28.3 Å². The van der Waals surface area contributed by atoms with Gasteiger partial charge in [0.1, 0.15) is 6.67 Å². The molecule has 1 amide bonds. The zero-order valence-electron chi connectivity index (χ0n) is 18.1. The highest BCUT2D eigenvalue weighted by Gasteiger charge is 2.17. The third kappa shape index (κ3) is 5.29. The van der Waals surface area contributed by atoms with E-state index in [1.165, 1.54) is 44.6 Å². The third-order valence-corrected chi connectivity index (χ3v) is 5.83. The number of aromatic nitrogens is 6. The topological polar surface area (TPSA) is 155 Å². The minimum atomic E-state index is -3.97. The van der Waals surface area contributed by atoms with Gasteiger partial charge >= 0.3 is 6.01 Å². The van der Waals surface area contributed by atoms with Gasteiger partial charge in [0.2, 0.25) is 5.88 Å². The van der Waals surface area contributed by atoms with Crippen molar-refractivity contribution in [1.82, 2.24) is 29.5 Å². The van der Waals surface area contributed by atoms with Crippen molar-refractivity contribution in [2.45, 2.75) is 11.6 Å². The molecular formula is C20H20N8O5S. The Morgan fingerprint density at radius 3 is 2.50 bits per heavy atom. The summed E-state index contributed by atoms with van der Waals surface area (Å²) in [5, 5.41) is 11.0. The fourth-order valence-corrected chi connectivity index (χ4v) is 3.85. The zero-order chi connectivity index (χ0) is 24.1. The molecule has 4 aromatic rings. The molecule has 3 heterocycles. The first-order chi connectivity index (χ1) is 16.4. The highest BCUT2D eigenvalue weighted by Crippen LogP contribution is 2.21. The van der Waals surface area contributed by atoms with Crippen LogP contribution in [0.4, 0.5) is 11.5 Å².